The van der Waals surface area contributed by atoms with Gasteiger partial charge in [0.1, 0.15) is 11.5 Å². The van der Waals surface area contributed by atoms with Crippen LogP contribution in [0.4, 0.5) is 11.5 Å². The second-order valence-corrected chi connectivity index (χ2v) is 4.52. The number of hydrogen-bond donors (Lipinski definition) is 3. The summed E-state index contributed by atoms with van der Waals surface area (Å²) in [6, 6.07) is 0. The average molecular weight is 258 g/mol. The van der Waals surface area contributed by atoms with Crippen LogP contribution in [-0.4, -0.2) is 28.1 Å². The molecule has 1 rings (SSSR count). The highest BCUT2D eigenvalue weighted by atomic mass is 32.2. The van der Waals surface area contributed by atoms with Gasteiger partial charge in [0, 0.05) is 13.1 Å². The Labute approximate surface area is 104 Å². The lowest BCUT2D eigenvalue weighted by molar-refractivity contribution is 0.706. The van der Waals surface area contributed by atoms with Gasteiger partial charge in [-0.1, -0.05) is 0 Å². The van der Waals surface area contributed by atoms with Crippen molar-refractivity contribution in [1.29, 1.82) is 0 Å². The van der Waals surface area contributed by atoms with Crippen molar-refractivity contribution in [2.45, 2.75) is 19.9 Å². The molecule has 0 aliphatic carbocycles. The van der Waals surface area contributed by atoms with E-state index in [1.165, 1.54) is 4.57 Å². The average Bonchev–Trinajstić information content (AvgIpc) is 2.28. The van der Waals surface area contributed by atoms with Gasteiger partial charge in [-0.05, 0) is 25.4 Å². The van der Waals surface area contributed by atoms with E-state index in [9.17, 15) is 9.59 Å². The van der Waals surface area contributed by atoms with Gasteiger partial charge < -0.3 is 11.1 Å². The highest BCUT2D eigenvalue weighted by Gasteiger charge is 2.10. The van der Waals surface area contributed by atoms with Crippen LogP contribution in [-0.2, 0) is 6.54 Å². The van der Waals surface area contributed by atoms with Crippen LogP contribution in [0.2, 0.25) is 0 Å². The lowest BCUT2D eigenvalue weighted by atomic mass is 10.4. The van der Waals surface area contributed by atoms with Crippen LogP contribution in [0, 0.1) is 0 Å². The summed E-state index contributed by atoms with van der Waals surface area (Å²) >= 11 is 1.74. The zero-order valence-electron chi connectivity index (χ0n) is 10.1. The van der Waals surface area contributed by atoms with Crippen LogP contribution in [0.3, 0.4) is 0 Å². The molecule has 0 spiro atoms. The molecular weight excluding hydrogens is 240 g/mol. The van der Waals surface area contributed by atoms with E-state index in [0.29, 0.717) is 13.1 Å². The Balaban J connectivity index is 2.92. The Morgan fingerprint density at radius 1 is 1.47 bits per heavy atom. The molecular formula is C10H18N4O2S. The number of nitrogen functional groups attached to an aromatic ring is 1. The maximum atomic E-state index is 11.6. The van der Waals surface area contributed by atoms with Crippen LogP contribution in [0.1, 0.15) is 13.3 Å². The largest absolute Gasteiger partial charge is 0.383 e. The summed E-state index contributed by atoms with van der Waals surface area (Å²) in [5.41, 5.74) is 5.15. The fraction of sp³-hybridized carbons (Fsp3) is 0.600. The van der Waals surface area contributed by atoms with Gasteiger partial charge in [0.05, 0.1) is 0 Å². The Hall–Kier alpha value is -1.37. The molecule has 0 fully saturated rings. The minimum atomic E-state index is -0.468. The van der Waals surface area contributed by atoms with Crippen molar-refractivity contribution in [3.8, 4) is 0 Å². The molecule has 0 saturated heterocycles. The Morgan fingerprint density at radius 2 is 2.18 bits per heavy atom. The Morgan fingerprint density at radius 3 is 2.76 bits per heavy atom. The highest BCUT2D eigenvalue weighted by molar-refractivity contribution is 7.98. The molecule has 7 heteroatoms. The summed E-state index contributed by atoms with van der Waals surface area (Å²) in [7, 11) is 0. The first kappa shape index (κ1) is 13.7. The van der Waals surface area contributed by atoms with Crippen molar-refractivity contribution in [2.75, 3.05) is 29.6 Å². The van der Waals surface area contributed by atoms with Crippen LogP contribution in [0.25, 0.3) is 0 Å². The van der Waals surface area contributed by atoms with E-state index in [2.05, 4.69) is 10.3 Å². The quantitative estimate of drug-likeness (QED) is 0.638. The van der Waals surface area contributed by atoms with E-state index < -0.39 is 11.2 Å². The third-order valence-corrected chi connectivity index (χ3v) is 3.08. The van der Waals surface area contributed by atoms with Gasteiger partial charge >= 0.3 is 5.69 Å². The topological polar surface area (TPSA) is 92.9 Å². The van der Waals surface area contributed by atoms with Gasteiger partial charge in [0.2, 0.25) is 0 Å². The third kappa shape index (κ3) is 3.29. The number of anilines is 2. The maximum absolute atomic E-state index is 11.6. The molecule has 0 saturated carbocycles. The first-order valence-electron chi connectivity index (χ1n) is 5.47. The van der Waals surface area contributed by atoms with Crippen LogP contribution < -0.4 is 22.3 Å². The lowest BCUT2D eigenvalue weighted by Crippen LogP contribution is -2.33. The first-order valence-corrected chi connectivity index (χ1v) is 6.86. The van der Waals surface area contributed by atoms with Crippen molar-refractivity contribution in [3.63, 3.8) is 0 Å². The van der Waals surface area contributed by atoms with Gasteiger partial charge in [-0.25, -0.2) is 4.79 Å². The zero-order valence-corrected chi connectivity index (χ0v) is 10.9. The van der Waals surface area contributed by atoms with Crippen LogP contribution in [0.15, 0.2) is 9.59 Å². The fourth-order valence-electron chi connectivity index (χ4n) is 1.50. The highest BCUT2D eigenvalue weighted by Crippen LogP contribution is 2.09. The summed E-state index contributed by atoms with van der Waals surface area (Å²) in [5.74, 6) is 1.21. The summed E-state index contributed by atoms with van der Waals surface area (Å²) in [5, 5.41) is 2.98. The number of hydrogen-bond acceptors (Lipinski definition) is 5. The minimum absolute atomic E-state index is 0.199. The van der Waals surface area contributed by atoms with Crippen LogP contribution >= 0.6 is 11.8 Å². The molecule has 17 heavy (non-hydrogen) atoms. The molecule has 96 valence electrons. The lowest BCUT2D eigenvalue weighted by Gasteiger charge is -2.12. The standard InChI is InChI=1S/C10H18N4O2S/c1-3-14-8(11)7(9(15)13-10(14)16)12-5-4-6-17-2/h12H,3-6,11H2,1-2H3,(H,13,15,16). The molecule has 1 aromatic heterocycles. The molecule has 0 amide bonds. The summed E-state index contributed by atoms with van der Waals surface area (Å²) < 4.78 is 1.33. The van der Waals surface area contributed by atoms with E-state index in [4.69, 9.17) is 5.73 Å². The number of aromatic nitrogens is 2. The number of nitrogens with two attached hydrogens (primary N) is 1. The number of thioether (sulfide) groups is 1. The minimum Gasteiger partial charge on any atom is -0.383 e. The second kappa shape index (κ2) is 6.39. The molecule has 1 heterocycles. The van der Waals surface area contributed by atoms with Crippen molar-refractivity contribution in [1.82, 2.24) is 9.55 Å². The normalized spacial score (nSPS) is 10.5. The maximum Gasteiger partial charge on any atom is 0.330 e. The predicted octanol–water partition coefficient (Wildman–Crippen LogP) is 0.304. The SMILES string of the molecule is CCn1c(N)c(NCCCSC)c(=O)[nH]c1=O. The first-order chi connectivity index (χ1) is 8.11. The molecule has 0 aliphatic rings. The molecule has 0 aromatic carbocycles. The smallest absolute Gasteiger partial charge is 0.330 e. The Kier molecular flexibility index (Phi) is 5.14. The molecule has 0 bridgehead atoms. The monoisotopic (exact) mass is 258 g/mol. The van der Waals surface area contributed by atoms with Crippen molar-refractivity contribution >= 4 is 23.3 Å². The van der Waals surface area contributed by atoms with E-state index in [1.54, 1.807) is 18.7 Å². The number of H-pyrrole nitrogens is 1. The molecule has 6 nitrogen and oxygen atoms in total. The fourth-order valence-corrected chi connectivity index (χ4v) is 1.94. The molecule has 0 aliphatic heterocycles. The number of nitrogens with one attached hydrogen (secondary N) is 2. The number of rotatable bonds is 6. The van der Waals surface area contributed by atoms with E-state index in [-0.39, 0.29) is 11.5 Å². The second-order valence-electron chi connectivity index (χ2n) is 3.54. The number of aromatic amines is 1. The molecule has 0 atom stereocenters. The van der Waals surface area contributed by atoms with Gasteiger partial charge in [-0.2, -0.15) is 11.8 Å². The van der Waals surface area contributed by atoms with Crippen molar-refractivity contribution in [2.24, 2.45) is 0 Å². The van der Waals surface area contributed by atoms with Crippen molar-refractivity contribution in [3.05, 3.63) is 20.8 Å². The van der Waals surface area contributed by atoms with Gasteiger partial charge in [0.25, 0.3) is 5.56 Å². The summed E-state index contributed by atoms with van der Waals surface area (Å²) in [6.07, 6.45) is 2.96. The van der Waals surface area contributed by atoms with Gasteiger partial charge in [0.15, 0.2) is 0 Å². The predicted molar refractivity (Wildman–Crippen MR) is 72.9 cm³/mol. The van der Waals surface area contributed by atoms with Gasteiger partial charge in [-0.15, -0.1) is 0 Å². The van der Waals surface area contributed by atoms with E-state index in [0.717, 1.165) is 12.2 Å². The Bertz CT molecular complexity index is 480. The van der Waals surface area contributed by atoms with E-state index >= 15 is 0 Å². The molecule has 4 N–H and O–H groups in total. The molecule has 0 unspecified atom stereocenters. The summed E-state index contributed by atoms with van der Waals surface area (Å²) in [6.45, 7) is 2.89. The van der Waals surface area contributed by atoms with Crippen molar-refractivity contribution < 1.29 is 0 Å². The summed E-state index contributed by atoms with van der Waals surface area (Å²) in [4.78, 5) is 25.2. The third-order valence-electron chi connectivity index (χ3n) is 2.38. The zero-order chi connectivity index (χ0) is 12.8. The molecule has 0 radical (unpaired) electrons. The van der Waals surface area contributed by atoms with E-state index in [1.807, 2.05) is 6.26 Å². The van der Waals surface area contributed by atoms with Gasteiger partial charge in [-0.3, -0.25) is 14.3 Å². The van der Waals surface area contributed by atoms with Crippen LogP contribution in [0.5, 0.6) is 0 Å². The molecule has 1 aromatic rings. The number of nitrogens with zero attached hydrogens (tertiary/aromatic N) is 1.